The monoisotopic (exact) mass is 353 g/mol. The minimum atomic E-state index is -0.382. The average molecular weight is 353 g/mol. The SMILES string of the molecule is CC(C)Oc1cccc(CC(=O)OCc2nc(-c3cccnc3)no2)c1. The number of nitrogens with zero attached hydrogens (tertiary/aromatic N) is 3. The summed E-state index contributed by atoms with van der Waals surface area (Å²) in [5, 5.41) is 3.85. The van der Waals surface area contributed by atoms with Crippen LogP contribution < -0.4 is 4.74 Å². The topological polar surface area (TPSA) is 87.3 Å². The Morgan fingerprint density at radius 2 is 2.12 bits per heavy atom. The first kappa shape index (κ1) is 17.6. The van der Waals surface area contributed by atoms with Crippen LogP contribution in [0.5, 0.6) is 5.75 Å². The summed E-state index contributed by atoms with van der Waals surface area (Å²) in [6, 6.07) is 11.0. The molecule has 0 aliphatic heterocycles. The summed E-state index contributed by atoms with van der Waals surface area (Å²) in [6.07, 6.45) is 3.50. The maximum Gasteiger partial charge on any atom is 0.310 e. The predicted octanol–water partition coefficient (Wildman–Crippen LogP) is 3.20. The van der Waals surface area contributed by atoms with E-state index >= 15 is 0 Å². The number of carbonyl (C=O) groups is 1. The molecule has 2 heterocycles. The van der Waals surface area contributed by atoms with Crippen LogP contribution in [0.2, 0.25) is 0 Å². The summed E-state index contributed by atoms with van der Waals surface area (Å²) in [5.74, 6) is 0.980. The zero-order valence-electron chi connectivity index (χ0n) is 14.6. The lowest BCUT2D eigenvalue weighted by atomic mass is 10.1. The highest BCUT2D eigenvalue weighted by Crippen LogP contribution is 2.16. The van der Waals surface area contributed by atoms with Crippen molar-refractivity contribution >= 4 is 5.97 Å². The molecule has 0 amide bonds. The van der Waals surface area contributed by atoms with Crippen molar-refractivity contribution in [3.63, 3.8) is 0 Å². The second kappa shape index (κ2) is 8.24. The second-order valence-electron chi connectivity index (χ2n) is 5.90. The van der Waals surface area contributed by atoms with E-state index in [0.717, 1.165) is 16.9 Å². The molecule has 134 valence electrons. The molecule has 0 fully saturated rings. The van der Waals surface area contributed by atoms with Gasteiger partial charge in [-0.05, 0) is 43.7 Å². The van der Waals surface area contributed by atoms with Gasteiger partial charge in [0.1, 0.15) is 5.75 Å². The van der Waals surface area contributed by atoms with Gasteiger partial charge in [0, 0.05) is 18.0 Å². The number of hydrogen-bond donors (Lipinski definition) is 0. The van der Waals surface area contributed by atoms with Gasteiger partial charge >= 0.3 is 5.97 Å². The Morgan fingerprint density at radius 3 is 2.88 bits per heavy atom. The highest BCUT2D eigenvalue weighted by Gasteiger charge is 2.12. The zero-order valence-corrected chi connectivity index (χ0v) is 14.6. The smallest absolute Gasteiger partial charge is 0.310 e. The van der Waals surface area contributed by atoms with Crippen LogP contribution in [0.15, 0.2) is 53.3 Å². The molecular formula is C19H19N3O4. The third kappa shape index (κ3) is 4.89. The van der Waals surface area contributed by atoms with Crippen molar-refractivity contribution in [2.45, 2.75) is 33.0 Å². The van der Waals surface area contributed by atoms with Gasteiger partial charge in [0.05, 0.1) is 12.5 Å². The van der Waals surface area contributed by atoms with E-state index in [4.69, 9.17) is 14.0 Å². The number of carbonyl (C=O) groups excluding carboxylic acids is 1. The van der Waals surface area contributed by atoms with Gasteiger partial charge in [-0.3, -0.25) is 9.78 Å². The van der Waals surface area contributed by atoms with Crippen LogP contribution in [0.25, 0.3) is 11.4 Å². The Labute approximate surface area is 151 Å². The summed E-state index contributed by atoms with van der Waals surface area (Å²) in [7, 11) is 0. The number of ether oxygens (including phenoxy) is 2. The fraction of sp³-hybridized carbons (Fsp3) is 0.263. The first-order chi connectivity index (χ1) is 12.6. The number of benzene rings is 1. The fourth-order valence-electron chi connectivity index (χ4n) is 2.29. The van der Waals surface area contributed by atoms with Crippen LogP contribution in [-0.4, -0.2) is 27.2 Å². The first-order valence-corrected chi connectivity index (χ1v) is 8.24. The molecule has 2 aromatic heterocycles. The minimum Gasteiger partial charge on any atom is -0.491 e. The quantitative estimate of drug-likeness (QED) is 0.603. The molecule has 0 aliphatic rings. The van der Waals surface area contributed by atoms with Gasteiger partial charge in [-0.1, -0.05) is 17.3 Å². The van der Waals surface area contributed by atoms with E-state index in [-0.39, 0.29) is 31.0 Å². The third-order valence-corrected chi connectivity index (χ3v) is 3.36. The zero-order chi connectivity index (χ0) is 18.4. The predicted molar refractivity (Wildman–Crippen MR) is 93.2 cm³/mol. The molecule has 0 N–H and O–H groups in total. The van der Waals surface area contributed by atoms with Crippen molar-refractivity contribution < 1.29 is 18.8 Å². The maximum absolute atomic E-state index is 12.0. The van der Waals surface area contributed by atoms with Gasteiger partial charge < -0.3 is 14.0 Å². The molecule has 26 heavy (non-hydrogen) atoms. The van der Waals surface area contributed by atoms with Gasteiger partial charge in [0.25, 0.3) is 5.89 Å². The van der Waals surface area contributed by atoms with E-state index in [2.05, 4.69) is 15.1 Å². The third-order valence-electron chi connectivity index (χ3n) is 3.36. The van der Waals surface area contributed by atoms with Gasteiger partial charge in [-0.25, -0.2) is 0 Å². The van der Waals surface area contributed by atoms with Gasteiger partial charge in [0.15, 0.2) is 6.61 Å². The maximum atomic E-state index is 12.0. The lowest BCUT2D eigenvalue weighted by molar-refractivity contribution is -0.144. The van der Waals surface area contributed by atoms with E-state index < -0.39 is 0 Å². The molecule has 7 heteroatoms. The molecule has 3 rings (SSSR count). The standard InChI is InChI=1S/C19H19N3O4/c1-13(2)25-16-7-3-5-14(9-16)10-18(23)24-12-17-21-19(22-26-17)15-6-4-8-20-11-15/h3-9,11,13H,10,12H2,1-2H3. The molecule has 0 spiro atoms. The number of aromatic nitrogens is 3. The van der Waals surface area contributed by atoms with E-state index in [1.165, 1.54) is 0 Å². The van der Waals surface area contributed by atoms with E-state index in [1.807, 2.05) is 44.2 Å². The highest BCUT2D eigenvalue weighted by molar-refractivity contribution is 5.72. The Morgan fingerprint density at radius 1 is 1.23 bits per heavy atom. The molecule has 0 atom stereocenters. The minimum absolute atomic E-state index is 0.0729. The van der Waals surface area contributed by atoms with Crippen molar-refractivity contribution in [1.29, 1.82) is 0 Å². The molecule has 7 nitrogen and oxygen atoms in total. The number of pyridine rings is 1. The Balaban J connectivity index is 1.54. The summed E-state index contributed by atoms with van der Waals surface area (Å²) in [4.78, 5) is 20.2. The lowest BCUT2D eigenvalue weighted by Crippen LogP contribution is -2.09. The van der Waals surface area contributed by atoms with Crippen LogP contribution in [0.4, 0.5) is 0 Å². The van der Waals surface area contributed by atoms with Crippen LogP contribution >= 0.6 is 0 Å². The first-order valence-electron chi connectivity index (χ1n) is 8.24. The number of rotatable bonds is 7. The Kier molecular flexibility index (Phi) is 5.58. The van der Waals surface area contributed by atoms with Crippen molar-refractivity contribution in [3.8, 4) is 17.1 Å². The summed E-state index contributed by atoms with van der Waals surface area (Å²) in [6.45, 7) is 3.82. The van der Waals surface area contributed by atoms with Crippen LogP contribution in [0.1, 0.15) is 25.3 Å². The average Bonchev–Trinajstić information content (AvgIpc) is 3.09. The molecule has 0 aliphatic carbocycles. The van der Waals surface area contributed by atoms with Crippen molar-refractivity contribution in [1.82, 2.24) is 15.1 Å². The van der Waals surface area contributed by atoms with Gasteiger partial charge in [-0.15, -0.1) is 0 Å². The molecule has 1 aromatic carbocycles. The summed E-state index contributed by atoms with van der Waals surface area (Å²) < 4.78 is 15.9. The fourth-order valence-corrected chi connectivity index (χ4v) is 2.29. The van der Waals surface area contributed by atoms with E-state index in [0.29, 0.717) is 5.82 Å². The lowest BCUT2D eigenvalue weighted by Gasteiger charge is -2.10. The molecule has 0 saturated carbocycles. The van der Waals surface area contributed by atoms with Gasteiger partial charge in [-0.2, -0.15) is 4.98 Å². The van der Waals surface area contributed by atoms with Crippen LogP contribution in [0.3, 0.4) is 0 Å². The highest BCUT2D eigenvalue weighted by atomic mass is 16.6. The molecule has 0 radical (unpaired) electrons. The summed E-state index contributed by atoms with van der Waals surface area (Å²) >= 11 is 0. The van der Waals surface area contributed by atoms with Crippen molar-refractivity contribution in [2.24, 2.45) is 0 Å². The number of hydrogen-bond acceptors (Lipinski definition) is 7. The molecule has 3 aromatic rings. The van der Waals surface area contributed by atoms with E-state index in [9.17, 15) is 4.79 Å². The van der Waals surface area contributed by atoms with Crippen LogP contribution in [-0.2, 0) is 22.6 Å². The molecule has 0 bridgehead atoms. The largest absolute Gasteiger partial charge is 0.491 e. The second-order valence-corrected chi connectivity index (χ2v) is 5.90. The Bertz CT molecular complexity index is 862. The molecule has 0 unspecified atom stereocenters. The van der Waals surface area contributed by atoms with Crippen LogP contribution in [0, 0.1) is 0 Å². The summed E-state index contributed by atoms with van der Waals surface area (Å²) in [5.41, 5.74) is 1.55. The normalized spacial score (nSPS) is 10.7. The van der Waals surface area contributed by atoms with E-state index in [1.54, 1.807) is 18.5 Å². The van der Waals surface area contributed by atoms with Crippen molar-refractivity contribution in [2.75, 3.05) is 0 Å². The number of esters is 1. The van der Waals surface area contributed by atoms with Crippen molar-refractivity contribution in [3.05, 3.63) is 60.2 Å². The molecule has 0 saturated heterocycles. The van der Waals surface area contributed by atoms with Gasteiger partial charge in [0.2, 0.25) is 5.82 Å². The molecular weight excluding hydrogens is 334 g/mol. The Hall–Kier alpha value is -3.22.